The van der Waals surface area contributed by atoms with E-state index in [1.807, 2.05) is 55.7 Å². The van der Waals surface area contributed by atoms with Gasteiger partial charge in [-0.25, -0.2) is 0 Å². The van der Waals surface area contributed by atoms with Crippen LogP contribution in [-0.4, -0.2) is 9.97 Å². The largest absolute Gasteiger partial charge is 0.501 e. The number of aromatic nitrogens is 2. The van der Waals surface area contributed by atoms with Crippen molar-refractivity contribution in [3.8, 4) is 22.5 Å². The van der Waals surface area contributed by atoms with Gasteiger partial charge in [-0.2, -0.15) is 0 Å². The average molecular weight is 689 g/mol. The normalized spacial score (nSPS) is 10.8. The van der Waals surface area contributed by atoms with E-state index in [9.17, 15) is 0 Å². The molecule has 4 heterocycles. The molecule has 38 heavy (non-hydrogen) atoms. The number of hydrogen-bond acceptors (Lipinski definition) is 4. The first-order valence-electron chi connectivity index (χ1n) is 12.1. The van der Waals surface area contributed by atoms with Crippen molar-refractivity contribution >= 4 is 43.4 Å². The Hall–Kier alpha value is -3.63. The Labute approximate surface area is 239 Å². The van der Waals surface area contributed by atoms with Crippen molar-refractivity contribution in [3.63, 3.8) is 0 Å². The first kappa shape index (κ1) is 26.0. The Morgan fingerprint density at radius 2 is 1.63 bits per heavy atom. The van der Waals surface area contributed by atoms with Gasteiger partial charge in [0.2, 0.25) is 0 Å². The maximum absolute atomic E-state index is 6.22. The standard InChI is InChI=1S/C21H14NOS.C12H10N.Ir/c1-12-8-18(22-11-13(12)2)16-5-3-4-15-17-10-20-14(6-7-24-20)9-19(17)23-21(15)16;1-10-7-8-12(13-9-10)11-5-3-2-4-6-11;/h3-4,6-11H,1-2H3;2-5,7-9H,1H3;/q2*-1;. The Kier molecular flexibility index (Phi) is 7.53. The first-order chi connectivity index (χ1) is 18.1. The van der Waals surface area contributed by atoms with Crippen LogP contribution >= 0.6 is 11.3 Å². The SMILES string of the molecule is Cc1ccc(-c2[c-]cccc2)nc1.Cc1cnc(-c2[c-]ccc3c2oc2cc4ccsc4cc23)cc1C.[Ir]. The van der Waals surface area contributed by atoms with E-state index in [0.29, 0.717) is 0 Å². The van der Waals surface area contributed by atoms with Crippen LogP contribution < -0.4 is 0 Å². The molecule has 3 aromatic carbocycles. The maximum Gasteiger partial charge on any atom is 0.121 e. The van der Waals surface area contributed by atoms with Gasteiger partial charge in [0.15, 0.2) is 0 Å². The second-order valence-corrected chi connectivity index (χ2v) is 10.1. The summed E-state index contributed by atoms with van der Waals surface area (Å²) in [5.74, 6) is 0. The van der Waals surface area contributed by atoms with E-state index in [0.717, 1.165) is 44.5 Å². The Morgan fingerprint density at radius 1 is 0.763 bits per heavy atom. The monoisotopic (exact) mass is 689 g/mol. The van der Waals surface area contributed by atoms with Crippen LogP contribution in [-0.2, 0) is 20.1 Å². The molecule has 0 N–H and O–H groups in total. The number of fused-ring (bicyclic) bond motifs is 4. The van der Waals surface area contributed by atoms with Crippen molar-refractivity contribution in [1.29, 1.82) is 0 Å². The van der Waals surface area contributed by atoms with Crippen LogP contribution in [0.15, 0.2) is 95.0 Å². The van der Waals surface area contributed by atoms with Crippen LogP contribution in [0.25, 0.3) is 54.5 Å². The molecule has 0 aliphatic heterocycles. The molecule has 3 nitrogen and oxygen atoms in total. The topological polar surface area (TPSA) is 38.9 Å². The third-order valence-electron chi connectivity index (χ3n) is 6.53. The summed E-state index contributed by atoms with van der Waals surface area (Å²) in [6.45, 7) is 6.21. The number of nitrogens with zero attached hydrogens (tertiary/aromatic N) is 2. The van der Waals surface area contributed by atoms with Crippen LogP contribution in [0.3, 0.4) is 0 Å². The van der Waals surface area contributed by atoms with E-state index in [1.54, 1.807) is 11.3 Å². The Bertz CT molecular complexity index is 1850. The first-order valence-corrected chi connectivity index (χ1v) is 13.0. The summed E-state index contributed by atoms with van der Waals surface area (Å²) in [7, 11) is 0. The molecule has 4 aromatic heterocycles. The van der Waals surface area contributed by atoms with Crippen molar-refractivity contribution < 1.29 is 24.5 Å². The van der Waals surface area contributed by atoms with Crippen LogP contribution in [0, 0.1) is 32.9 Å². The average Bonchev–Trinajstić information content (AvgIpc) is 3.54. The molecule has 0 amide bonds. The Morgan fingerprint density at radius 3 is 2.39 bits per heavy atom. The third-order valence-corrected chi connectivity index (χ3v) is 7.41. The van der Waals surface area contributed by atoms with Gasteiger partial charge in [0.05, 0.1) is 5.58 Å². The summed E-state index contributed by atoms with van der Waals surface area (Å²) >= 11 is 1.76. The van der Waals surface area contributed by atoms with Gasteiger partial charge in [0.25, 0.3) is 0 Å². The third kappa shape index (κ3) is 5.06. The summed E-state index contributed by atoms with van der Waals surface area (Å²) in [5.41, 5.74) is 9.23. The quantitative estimate of drug-likeness (QED) is 0.170. The minimum atomic E-state index is 0. The smallest absolute Gasteiger partial charge is 0.121 e. The van der Waals surface area contributed by atoms with Gasteiger partial charge in [-0.15, -0.1) is 65.4 Å². The summed E-state index contributed by atoms with van der Waals surface area (Å²) in [4.78, 5) is 8.90. The number of aryl methyl sites for hydroxylation is 3. The molecule has 0 saturated heterocycles. The van der Waals surface area contributed by atoms with Crippen LogP contribution in [0.1, 0.15) is 16.7 Å². The molecule has 0 saturated carbocycles. The van der Waals surface area contributed by atoms with E-state index < -0.39 is 0 Å². The molecule has 0 atom stereocenters. The number of thiophene rings is 1. The van der Waals surface area contributed by atoms with Crippen LogP contribution in [0.2, 0.25) is 0 Å². The van der Waals surface area contributed by atoms with Gasteiger partial charge in [0.1, 0.15) is 5.58 Å². The maximum atomic E-state index is 6.22. The van der Waals surface area contributed by atoms with Gasteiger partial charge in [0, 0.05) is 42.6 Å². The van der Waals surface area contributed by atoms with Crippen molar-refractivity contribution in [2.45, 2.75) is 20.8 Å². The molecule has 7 rings (SSSR count). The predicted molar refractivity (Wildman–Crippen MR) is 154 cm³/mol. The summed E-state index contributed by atoms with van der Waals surface area (Å²) in [6.07, 6.45) is 3.78. The van der Waals surface area contributed by atoms with Gasteiger partial charge in [-0.1, -0.05) is 34.7 Å². The fourth-order valence-corrected chi connectivity index (χ4v) is 5.14. The molecule has 0 aliphatic carbocycles. The summed E-state index contributed by atoms with van der Waals surface area (Å²) < 4.78 is 7.50. The molecule has 0 spiro atoms. The fraction of sp³-hybridized carbons (Fsp3) is 0.0909. The van der Waals surface area contributed by atoms with E-state index in [4.69, 9.17) is 4.42 Å². The van der Waals surface area contributed by atoms with Crippen LogP contribution in [0.5, 0.6) is 0 Å². The minimum absolute atomic E-state index is 0. The van der Waals surface area contributed by atoms with Gasteiger partial charge in [-0.05, 0) is 72.3 Å². The summed E-state index contributed by atoms with van der Waals surface area (Å²) in [6, 6.07) is 31.0. The zero-order valence-electron chi connectivity index (χ0n) is 21.2. The van der Waals surface area contributed by atoms with E-state index in [1.165, 1.54) is 26.8 Å². The second kappa shape index (κ2) is 11.0. The van der Waals surface area contributed by atoms with Crippen molar-refractivity contribution in [1.82, 2.24) is 9.97 Å². The van der Waals surface area contributed by atoms with E-state index in [2.05, 4.69) is 77.7 Å². The number of hydrogen-bond donors (Lipinski definition) is 0. The van der Waals surface area contributed by atoms with Gasteiger partial charge >= 0.3 is 0 Å². The molecule has 0 aliphatic rings. The number of rotatable bonds is 2. The van der Waals surface area contributed by atoms with Crippen molar-refractivity contribution in [2.75, 3.05) is 0 Å². The molecule has 0 fully saturated rings. The minimum Gasteiger partial charge on any atom is -0.501 e. The zero-order chi connectivity index (χ0) is 25.4. The van der Waals surface area contributed by atoms with E-state index >= 15 is 0 Å². The summed E-state index contributed by atoms with van der Waals surface area (Å²) in [5, 5.41) is 5.61. The molecule has 1 radical (unpaired) electrons. The predicted octanol–water partition coefficient (Wildman–Crippen LogP) is 9.13. The Balaban J connectivity index is 0.000000179. The molecular weight excluding hydrogens is 665 g/mol. The molecule has 189 valence electrons. The number of pyridine rings is 2. The number of benzene rings is 3. The zero-order valence-corrected chi connectivity index (χ0v) is 24.4. The molecular formula is C33H24IrN2OS-2. The van der Waals surface area contributed by atoms with Crippen LogP contribution in [0.4, 0.5) is 0 Å². The second-order valence-electron chi connectivity index (χ2n) is 9.16. The number of furan rings is 1. The van der Waals surface area contributed by atoms with Gasteiger partial charge < -0.3 is 14.4 Å². The van der Waals surface area contributed by atoms with Crippen molar-refractivity contribution in [2.24, 2.45) is 0 Å². The molecule has 0 unspecified atom stereocenters. The molecule has 0 bridgehead atoms. The van der Waals surface area contributed by atoms with Crippen molar-refractivity contribution in [3.05, 3.63) is 119 Å². The fourth-order valence-electron chi connectivity index (χ4n) is 4.33. The molecule has 5 heteroatoms. The molecule has 7 aromatic rings. The van der Waals surface area contributed by atoms with Gasteiger partial charge in [-0.3, -0.25) is 0 Å². The van der Waals surface area contributed by atoms with E-state index in [-0.39, 0.29) is 20.1 Å².